The average molecular weight is 480 g/mol. The second-order valence-corrected chi connectivity index (χ2v) is 10.3. The van der Waals surface area contributed by atoms with Gasteiger partial charge < -0.3 is 4.74 Å². The summed E-state index contributed by atoms with van der Waals surface area (Å²) in [5.74, 6) is 0. The summed E-state index contributed by atoms with van der Waals surface area (Å²) in [6.45, 7) is 0. The average Bonchev–Trinajstić information content (AvgIpc) is 1.93. The molecule has 13 heteroatoms. The number of nitrogens with zero attached hydrogens (tertiary/aromatic N) is 1. The number of halogens is 11. The van der Waals surface area contributed by atoms with E-state index >= 15 is 0 Å². The summed E-state index contributed by atoms with van der Waals surface area (Å²) in [7, 11) is 0. The molecule has 0 N–H and O–H groups in total. The highest BCUT2D eigenvalue weighted by Crippen LogP contribution is 2.66. The van der Waals surface area contributed by atoms with Crippen molar-refractivity contribution in [3.8, 4) is 0 Å². The lowest BCUT2D eigenvalue weighted by Gasteiger charge is -2.57. The van der Waals surface area contributed by atoms with Crippen LogP contribution in [0.25, 0.3) is 0 Å². The SMILES string of the molecule is ClC(Cl)(Cl)N1C(Cl)(Cl)C(Cl)(Cl)OC(Cl)(Cl)C1(Cl)Cl. The quantitative estimate of drug-likeness (QED) is 0.304. The van der Waals surface area contributed by atoms with Crippen molar-refractivity contribution in [2.75, 3.05) is 0 Å². The van der Waals surface area contributed by atoms with Crippen LogP contribution in [-0.4, -0.2) is 26.8 Å². The zero-order chi connectivity index (χ0) is 14.8. The fourth-order valence-corrected chi connectivity index (χ4v) is 4.62. The highest BCUT2D eigenvalue weighted by Gasteiger charge is 2.75. The van der Waals surface area contributed by atoms with Gasteiger partial charge in [0.15, 0.2) is 0 Å². The first-order valence-electron chi connectivity index (χ1n) is 3.66. The van der Waals surface area contributed by atoms with Crippen LogP contribution in [0.1, 0.15) is 0 Å². The van der Waals surface area contributed by atoms with Gasteiger partial charge in [-0.25, -0.2) is 0 Å². The predicted molar refractivity (Wildman–Crippen MR) is 81.0 cm³/mol. The molecule has 0 unspecified atom stereocenters. The van der Waals surface area contributed by atoms with Crippen LogP contribution in [-0.2, 0) is 4.74 Å². The van der Waals surface area contributed by atoms with Gasteiger partial charge in [0.1, 0.15) is 0 Å². The van der Waals surface area contributed by atoms with Crippen molar-refractivity contribution in [1.29, 1.82) is 0 Å². The van der Waals surface area contributed by atoms with Crippen molar-refractivity contribution in [2.24, 2.45) is 0 Å². The smallest absolute Gasteiger partial charge is 0.268 e. The van der Waals surface area contributed by atoms with Crippen molar-refractivity contribution < 1.29 is 4.74 Å². The van der Waals surface area contributed by atoms with Crippen LogP contribution in [0.5, 0.6) is 0 Å². The minimum atomic E-state index is -2.39. The Morgan fingerprint density at radius 1 is 0.667 bits per heavy atom. The number of ether oxygens (including phenoxy) is 1. The number of hydrogen-bond acceptors (Lipinski definition) is 2. The van der Waals surface area contributed by atoms with Gasteiger partial charge in [0.2, 0.25) is 8.91 Å². The maximum atomic E-state index is 5.89. The van der Waals surface area contributed by atoms with Crippen LogP contribution in [0.3, 0.4) is 0 Å². The summed E-state index contributed by atoms with van der Waals surface area (Å²) in [4.78, 5) is 0.466. The van der Waals surface area contributed by atoms with Crippen LogP contribution in [0.15, 0.2) is 0 Å². The van der Waals surface area contributed by atoms with E-state index in [-0.39, 0.29) is 0 Å². The molecule has 0 amide bonds. The molecule has 0 aliphatic carbocycles. The number of alkyl halides is 11. The molecule has 1 heterocycles. The molecule has 2 nitrogen and oxygen atoms in total. The third-order valence-electron chi connectivity index (χ3n) is 1.77. The molecule has 1 saturated heterocycles. The molecular weight excluding hydrogens is 480 g/mol. The topological polar surface area (TPSA) is 12.5 Å². The van der Waals surface area contributed by atoms with Gasteiger partial charge in [-0.1, -0.05) is 128 Å². The fourth-order valence-electron chi connectivity index (χ4n) is 1.04. The van der Waals surface area contributed by atoms with Gasteiger partial charge in [0.25, 0.3) is 13.0 Å². The third kappa shape index (κ3) is 3.08. The second kappa shape index (κ2) is 5.33. The third-order valence-corrected chi connectivity index (χ3v) is 6.20. The number of morpholine rings is 1. The molecule has 0 bridgehead atoms. The molecule has 0 saturated carbocycles. The zero-order valence-electron chi connectivity index (χ0n) is 7.51. The molecular formula is C5Cl11NO. The van der Waals surface area contributed by atoms with E-state index in [9.17, 15) is 0 Å². The monoisotopic (exact) mass is 475 g/mol. The minimum absolute atomic E-state index is 0.466. The summed E-state index contributed by atoms with van der Waals surface area (Å²) < 4.78 is -7.05. The van der Waals surface area contributed by atoms with Crippen molar-refractivity contribution in [2.45, 2.75) is 21.9 Å². The molecule has 1 aliphatic heterocycles. The van der Waals surface area contributed by atoms with E-state index in [0.717, 1.165) is 0 Å². The molecule has 0 aromatic rings. The lowest BCUT2D eigenvalue weighted by molar-refractivity contribution is -0.111. The molecule has 18 heavy (non-hydrogen) atoms. The Kier molecular flexibility index (Phi) is 5.68. The summed E-state index contributed by atoms with van der Waals surface area (Å²) in [6.07, 6.45) is 0. The Morgan fingerprint density at radius 3 is 1.17 bits per heavy atom. The minimum Gasteiger partial charge on any atom is -0.302 e. The normalized spacial score (nSPS) is 30.2. The highest BCUT2D eigenvalue weighted by molar-refractivity contribution is 6.71. The Bertz CT molecular complexity index is 320. The van der Waals surface area contributed by atoms with Crippen LogP contribution >= 0.6 is 128 Å². The first kappa shape index (κ1) is 19.2. The molecule has 1 rings (SSSR count). The summed E-state index contributed by atoms with van der Waals surface area (Å²) in [6, 6.07) is 0. The first-order valence-corrected chi connectivity index (χ1v) is 7.82. The second-order valence-electron chi connectivity index (χ2n) is 3.02. The van der Waals surface area contributed by atoms with Gasteiger partial charge >= 0.3 is 0 Å². The van der Waals surface area contributed by atoms with E-state index in [1.165, 1.54) is 0 Å². The van der Waals surface area contributed by atoms with E-state index < -0.39 is 21.9 Å². The van der Waals surface area contributed by atoms with Gasteiger partial charge in [-0.05, 0) is 0 Å². The van der Waals surface area contributed by atoms with Gasteiger partial charge in [0.05, 0.1) is 0 Å². The molecule has 0 spiro atoms. The van der Waals surface area contributed by atoms with Crippen LogP contribution in [0.2, 0.25) is 0 Å². The zero-order valence-corrected chi connectivity index (χ0v) is 15.8. The maximum Gasteiger partial charge on any atom is 0.268 e. The maximum absolute atomic E-state index is 5.89. The Morgan fingerprint density at radius 2 is 0.944 bits per heavy atom. The van der Waals surface area contributed by atoms with Crippen molar-refractivity contribution in [3.63, 3.8) is 0 Å². The van der Waals surface area contributed by atoms with E-state index in [1.54, 1.807) is 0 Å². The van der Waals surface area contributed by atoms with Gasteiger partial charge in [-0.15, -0.1) is 0 Å². The lowest BCUT2D eigenvalue weighted by atomic mass is 10.4. The summed E-state index contributed by atoms with van der Waals surface area (Å²) >= 11 is 63.6. The van der Waals surface area contributed by atoms with E-state index in [0.29, 0.717) is 4.90 Å². The van der Waals surface area contributed by atoms with E-state index in [2.05, 4.69) is 0 Å². The van der Waals surface area contributed by atoms with Crippen molar-refractivity contribution in [3.05, 3.63) is 0 Å². The predicted octanol–water partition coefficient (Wildman–Crippen LogP) is 6.17. The number of rotatable bonds is 0. The van der Waals surface area contributed by atoms with Crippen LogP contribution < -0.4 is 0 Å². The molecule has 1 aliphatic rings. The first-order chi connectivity index (χ1) is 7.57. The van der Waals surface area contributed by atoms with Crippen molar-refractivity contribution in [1.82, 2.24) is 4.90 Å². The van der Waals surface area contributed by atoms with Gasteiger partial charge in [-0.3, -0.25) is 0 Å². The molecule has 108 valence electrons. The lowest BCUT2D eigenvalue weighted by Crippen LogP contribution is -2.73. The molecule has 0 aromatic heterocycles. The van der Waals surface area contributed by atoms with Crippen LogP contribution in [0.4, 0.5) is 0 Å². The fraction of sp³-hybridized carbons (Fsp3) is 1.00. The molecule has 0 atom stereocenters. The van der Waals surface area contributed by atoms with Crippen molar-refractivity contribution >= 4 is 128 Å². The largest absolute Gasteiger partial charge is 0.302 e. The molecule has 0 aromatic carbocycles. The Labute approximate surface area is 157 Å². The highest BCUT2D eigenvalue weighted by atomic mass is 35.6. The molecule has 1 fully saturated rings. The van der Waals surface area contributed by atoms with Gasteiger partial charge in [-0.2, -0.15) is 4.90 Å². The van der Waals surface area contributed by atoms with Crippen LogP contribution in [0, 0.1) is 0 Å². The summed E-state index contributed by atoms with van der Waals surface area (Å²) in [5.41, 5.74) is 0. The van der Waals surface area contributed by atoms with E-state index in [1.807, 2.05) is 0 Å². The Balaban J connectivity index is 3.48. The standard InChI is InChI=1S/C5Cl11NO/c6-1(7)3(10,11)18-4(12,13)2(8,9)17(1)5(14,15)16. The Hall–Kier alpha value is 3.11. The van der Waals surface area contributed by atoms with Gasteiger partial charge in [0, 0.05) is 0 Å². The molecule has 0 radical (unpaired) electrons. The summed E-state index contributed by atoms with van der Waals surface area (Å²) in [5, 5.41) is 0. The number of hydrogen-bond donors (Lipinski definition) is 0. The van der Waals surface area contributed by atoms with E-state index in [4.69, 9.17) is 132 Å².